The molecule has 3 aliphatic heterocycles. The third-order valence-corrected chi connectivity index (χ3v) is 8.18. The van der Waals surface area contributed by atoms with Crippen molar-refractivity contribution < 1.29 is 14.3 Å². The quantitative estimate of drug-likeness (QED) is 0.571. The molecule has 3 aliphatic rings. The zero-order chi connectivity index (χ0) is 26.5. The van der Waals surface area contributed by atoms with Crippen LogP contribution >= 0.6 is 11.6 Å². The van der Waals surface area contributed by atoms with E-state index in [4.69, 9.17) is 21.3 Å². The molecule has 0 N–H and O–H groups in total. The van der Waals surface area contributed by atoms with Crippen LogP contribution < -0.4 is 9.64 Å². The molecule has 0 saturated carbocycles. The number of fused-ring (bicyclic) bond motifs is 2. The van der Waals surface area contributed by atoms with Gasteiger partial charge in [0, 0.05) is 43.3 Å². The van der Waals surface area contributed by atoms with E-state index in [1.807, 2.05) is 35.2 Å². The number of halogens is 1. The molecule has 0 radical (unpaired) electrons. The average Bonchev–Trinajstić information content (AvgIpc) is 3.13. The van der Waals surface area contributed by atoms with Gasteiger partial charge in [-0.25, -0.2) is 4.98 Å². The van der Waals surface area contributed by atoms with Crippen molar-refractivity contribution in [3.63, 3.8) is 0 Å². The lowest BCUT2D eigenvalue weighted by molar-refractivity contribution is -0.128. The van der Waals surface area contributed by atoms with Crippen LogP contribution in [0.25, 0.3) is 11.3 Å². The number of rotatable bonds is 4. The molecule has 8 nitrogen and oxygen atoms in total. The van der Waals surface area contributed by atoms with Crippen LogP contribution in [0.2, 0.25) is 5.02 Å². The number of ether oxygens (including phenoxy) is 1. The number of likely N-dealkylation sites (N-methyl/N-ethyl adjacent to an activating group) is 1. The minimum atomic E-state index is -0.289. The number of nitrogens with zero attached hydrogens (tertiary/aromatic N) is 5. The third kappa shape index (κ3) is 4.46. The SMILES string of the molecule is C=CC(=O)N1CCN2C(=O)c3c(N4C[C@H](N(C)C)CC4(C)C)nc(-c4ccccc4)c(Cl)c3OC[C@H]2C1. The van der Waals surface area contributed by atoms with Crippen LogP contribution in [-0.4, -0.2) is 96.0 Å². The van der Waals surface area contributed by atoms with E-state index >= 15 is 0 Å². The number of anilines is 1. The first-order valence-electron chi connectivity index (χ1n) is 12.7. The Morgan fingerprint density at radius 1 is 1.22 bits per heavy atom. The fourth-order valence-corrected chi connectivity index (χ4v) is 5.99. The van der Waals surface area contributed by atoms with E-state index < -0.39 is 0 Å². The second-order valence-corrected chi connectivity index (χ2v) is 11.2. The van der Waals surface area contributed by atoms with Crippen molar-refractivity contribution in [3.05, 3.63) is 53.6 Å². The molecule has 2 saturated heterocycles. The van der Waals surface area contributed by atoms with Gasteiger partial charge in [-0.2, -0.15) is 0 Å². The zero-order valence-corrected chi connectivity index (χ0v) is 22.7. The summed E-state index contributed by atoms with van der Waals surface area (Å²) in [5, 5.41) is 0.332. The van der Waals surface area contributed by atoms with Gasteiger partial charge in [-0.1, -0.05) is 48.5 Å². The van der Waals surface area contributed by atoms with E-state index in [1.54, 1.807) is 4.90 Å². The van der Waals surface area contributed by atoms with Crippen LogP contribution in [0.5, 0.6) is 5.75 Å². The number of aromatic nitrogens is 1. The summed E-state index contributed by atoms with van der Waals surface area (Å²) >= 11 is 6.96. The van der Waals surface area contributed by atoms with Crippen LogP contribution in [0.1, 0.15) is 30.6 Å². The van der Waals surface area contributed by atoms with Crippen molar-refractivity contribution in [1.29, 1.82) is 0 Å². The van der Waals surface area contributed by atoms with Crippen LogP contribution in [-0.2, 0) is 4.79 Å². The van der Waals surface area contributed by atoms with Crippen molar-refractivity contribution >= 4 is 29.2 Å². The summed E-state index contributed by atoms with van der Waals surface area (Å²) < 4.78 is 6.35. The molecule has 2 amide bonds. The van der Waals surface area contributed by atoms with Crippen molar-refractivity contribution in [2.45, 2.75) is 37.9 Å². The van der Waals surface area contributed by atoms with E-state index in [9.17, 15) is 9.59 Å². The molecule has 37 heavy (non-hydrogen) atoms. The lowest BCUT2D eigenvalue weighted by atomic mass is 9.99. The van der Waals surface area contributed by atoms with Gasteiger partial charge in [-0.15, -0.1) is 0 Å². The first kappa shape index (κ1) is 25.5. The Labute approximate surface area is 223 Å². The number of hydrogen-bond donors (Lipinski definition) is 0. The molecule has 4 heterocycles. The number of benzene rings is 1. The van der Waals surface area contributed by atoms with Crippen LogP contribution in [0.15, 0.2) is 43.0 Å². The maximum atomic E-state index is 14.2. The molecule has 0 unspecified atom stereocenters. The summed E-state index contributed by atoms with van der Waals surface area (Å²) in [5.41, 5.74) is 1.62. The molecule has 1 aromatic heterocycles. The maximum absolute atomic E-state index is 14.2. The minimum absolute atomic E-state index is 0.144. The number of hydrogen-bond acceptors (Lipinski definition) is 6. The Morgan fingerprint density at radius 2 is 1.95 bits per heavy atom. The number of pyridine rings is 1. The molecule has 5 rings (SSSR count). The summed E-state index contributed by atoms with van der Waals surface area (Å²) in [7, 11) is 4.16. The summed E-state index contributed by atoms with van der Waals surface area (Å²) in [6.45, 7) is 10.2. The Morgan fingerprint density at radius 3 is 2.59 bits per heavy atom. The lowest BCUT2D eigenvalue weighted by Gasteiger charge is -2.40. The predicted molar refractivity (Wildman–Crippen MR) is 145 cm³/mol. The fourth-order valence-electron chi connectivity index (χ4n) is 5.69. The summed E-state index contributed by atoms with van der Waals surface area (Å²) in [4.78, 5) is 39.6. The topological polar surface area (TPSA) is 69.2 Å². The van der Waals surface area contributed by atoms with Crippen molar-refractivity contribution in [2.24, 2.45) is 0 Å². The van der Waals surface area contributed by atoms with Gasteiger partial charge in [0.05, 0.1) is 11.7 Å². The fraction of sp³-hybridized carbons (Fsp3) is 0.464. The number of piperazine rings is 1. The van der Waals surface area contributed by atoms with Gasteiger partial charge in [0.2, 0.25) is 5.91 Å². The van der Waals surface area contributed by atoms with Crippen molar-refractivity contribution in [2.75, 3.05) is 51.8 Å². The van der Waals surface area contributed by atoms with E-state index in [0.29, 0.717) is 53.5 Å². The Bertz CT molecular complexity index is 1230. The number of carbonyl (C=O) groups excluding carboxylic acids is 2. The molecular weight excluding hydrogens is 490 g/mol. The highest BCUT2D eigenvalue weighted by Gasteiger charge is 2.45. The van der Waals surface area contributed by atoms with Crippen LogP contribution in [0, 0.1) is 0 Å². The van der Waals surface area contributed by atoms with E-state index in [-0.39, 0.29) is 30.0 Å². The maximum Gasteiger partial charge on any atom is 0.261 e. The normalized spacial score (nSPS) is 22.9. The molecule has 0 spiro atoms. The predicted octanol–water partition coefficient (Wildman–Crippen LogP) is 3.55. The molecule has 0 aliphatic carbocycles. The number of carbonyl (C=O) groups is 2. The third-order valence-electron chi connectivity index (χ3n) is 7.83. The molecule has 2 atom stereocenters. The highest BCUT2D eigenvalue weighted by atomic mass is 35.5. The van der Waals surface area contributed by atoms with E-state index in [1.165, 1.54) is 6.08 Å². The highest BCUT2D eigenvalue weighted by molar-refractivity contribution is 6.35. The van der Waals surface area contributed by atoms with Crippen molar-refractivity contribution in [1.82, 2.24) is 19.7 Å². The van der Waals surface area contributed by atoms with Gasteiger partial charge in [0.15, 0.2) is 5.75 Å². The largest absolute Gasteiger partial charge is 0.489 e. The van der Waals surface area contributed by atoms with Gasteiger partial charge in [0.1, 0.15) is 23.0 Å². The molecule has 196 valence electrons. The standard InChI is InChI=1S/C28H34ClN5O3/c1-6-21(35)32-12-13-33-20(15-32)17-37-25-22(27(33)36)26(34-16-19(31(4)5)14-28(34,2)3)30-24(23(25)29)18-10-8-7-9-11-18/h6-11,19-20H,1,12-17H2,2-5H3/t19-,20-/m1/s1. The average molecular weight is 524 g/mol. The first-order chi connectivity index (χ1) is 17.6. The second-order valence-electron chi connectivity index (χ2n) is 10.9. The molecule has 1 aromatic carbocycles. The molecule has 2 aromatic rings. The Hall–Kier alpha value is -3.10. The molecular formula is C28H34ClN5O3. The monoisotopic (exact) mass is 523 g/mol. The van der Waals surface area contributed by atoms with Crippen molar-refractivity contribution in [3.8, 4) is 17.0 Å². The zero-order valence-electron chi connectivity index (χ0n) is 21.9. The summed E-state index contributed by atoms with van der Waals surface area (Å²) in [6, 6.07) is 9.78. The van der Waals surface area contributed by atoms with Gasteiger partial charge in [-0.05, 0) is 40.4 Å². The Balaban J connectivity index is 1.65. The molecule has 2 fully saturated rings. The molecule has 0 bridgehead atoms. The van der Waals surface area contributed by atoms with E-state index in [0.717, 1.165) is 18.5 Å². The van der Waals surface area contributed by atoms with Crippen LogP contribution in [0.4, 0.5) is 5.82 Å². The van der Waals surface area contributed by atoms with Gasteiger partial charge < -0.3 is 24.3 Å². The Kier molecular flexibility index (Phi) is 6.66. The number of amides is 2. The summed E-state index contributed by atoms with van der Waals surface area (Å²) in [6.07, 6.45) is 2.24. The second kappa shape index (κ2) is 9.65. The van der Waals surface area contributed by atoms with Gasteiger partial charge >= 0.3 is 0 Å². The lowest BCUT2D eigenvalue weighted by Crippen LogP contribution is -2.57. The smallest absolute Gasteiger partial charge is 0.261 e. The van der Waals surface area contributed by atoms with Crippen LogP contribution in [0.3, 0.4) is 0 Å². The minimum Gasteiger partial charge on any atom is -0.489 e. The van der Waals surface area contributed by atoms with Gasteiger partial charge in [-0.3, -0.25) is 9.59 Å². The van der Waals surface area contributed by atoms with E-state index in [2.05, 4.69) is 44.3 Å². The summed E-state index contributed by atoms with van der Waals surface area (Å²) in [5.74, 6) is 0.670. The highest BCUT2D eigenvalue weighted by Crippen LogP contribution is 2.46. The molecule has 9 heteroatoms. The first-order valence-corrected chi connectivity index (χ1v) is 13.1. The van der Waals surface area contributed by atoms with Gasteiger partial charge in [0.25, 0.3) is 5.91 Å².